The molecular weight excluding hydrogens is 303 g/mol. The van der Waals surface area contributed by atoms with Crippen LogP contribution in [0.4, 0.5) is 0 Å². The molecule has 6 heteroatoms. The first-order valence-corrected chi connectivity index (χ1v) is 16.8. The van der Waals surface area contributed by atoms with Crippen molar-refractivity contribution in [2.45, 2.75) is 57.2 Å². The molecule has 0 aromatic carbocycles. The van der Waals surface area contributed by atoms with Gasteiger partial charge in [0, 0.05) is 0 Å². The van der Waals surface area contributed by atoms with Gasteiger partial charge in [-0.05, 0) is 44.3 Å². The molecule has 0 spiro atoms. The maximum absolute atomic E-state index is 6.42. The van der Waals surface area contributed by atoms with Crippen molar-refractivity contribution in [2.75, 3.05) is 0 Å². The molecule has 0 heterocycles. The van der Waals surface area contributed by atoms with Crippen LogP contribution in [0.1, 0.15) is 12.8 Å². The first-order chi connectivity index (χ1) is 7.68. The van der Waals surface area contributed by atoms with Crippen molar-refractivity contribution >= 4 is 46.2 Å². The predicted molar refractivity (Wildman–Crippen MR) is 88.8 cm³/mol. The number of unbranched alkanes of at least 4 members (excludes halogenated alkanes) is 1. The molecule has 1 nitrogen and oxygen atoms in total. The van der Waals surface area contributed by atoms with Crippen LogP contribution in [0.5, 0.6) is 0 Å². The molecule has 0 radical (unpaired) electrons. The Labute approximate surface area is 120 Å². The highest BCUT2D eigenvalue weighted by Crippen LogP contribution is 2.24. The van der Waals surface area contributed by atoms with E-state index in [0.29, 0.717) is 0 Å². The monoisotopic (exact) mass is 328 g/mol. The lowest BCUT2D eigenvalue weighted by Crippen LogP contribution is -2.43. The van der Waals surface area contributed by atoms with E-state index in [1.54, 1.807) is 0 Å². The van der Waals surface area contributed by atoms with Crippen LogP contribution in [-0.2, 0) is 4.12 Å². The summed E-state index contributed by atoms with van der Waals surface area (Å²) in [7, 11) is -4.42. The summed E-state index contributed by atoms with van der Waals surface area (Å²) in [6.07, 6.45) is 4.36. The lowest BCUT2D eigenvalue weighted by atomic mass is 10.4. The molecule has 0 aromatic rings. The van der Waals surface area contributed by atoms with Gasteiger partial charge in [0.25, 0.3) is 0 Å². The number of hydrogen-bond acceptors (Lipinski definition) is 1. The molecule has 0 unspecified atom stereocenters. The van der Waals surface area contributed by atoms with Crippen LogP contribution in [0.3, 0.4) is 0 Å². The van der Waals surface area contributed by atoms with E-state index in [1.807, 2.05) is 6.08 Å². The topological polar surface area (TPSA) is 9.23 Å². The largest absolute Gasteiger partial charge is 0.455 e. The van der Waals surface area contributed by atoms with Crippen LogP contribution in [-0.4, -0.2) is 24.1 Å². The third-order valence-corrected chi connectivity index (χ3v) is 12.0. The number of rotatable bonds is 9. The van der Waals surface area contributed by atoms with E-state index >= 15 is 0 Å². The summed E-state index contributed by atoms with van der Waals surface area (Å²) < 4.78 is 6.42. The van der Waals surface area contributed by atoms with Crippen molar-refractivity contribution in [1.82, 2.24) is 0 Å². The van der Waals surface area contributed by atoms with Gasteiger partial charge in [-0.15, -0.1) is 6.58 Å². The fourth-order valence-corrected chi connectivity index (χ4v) is 12.1. The van der Waals surface area contributed by atoms with E-state index in [4.69, 9.17) is 26.3 Å². The van der Waals surface area contributed by atoms with E-state index in [2.05, 4.69) is 32.8 Å². The molecular formula is C11H26Cl2OSi3. The van der Waals surface area contributed by atoms with E-state index in [0.717, 1.165) is 18.5 Å². The van der Waals surface area contributed by atoms with Gasteiger partial charge in [-0.1, -0.05) is 18.9 Å². The number of hydrogen-bond donors (Lipinski definition) is 0. The average Bonchev–Trinajstić information content (AvgIpc) is 2.10. The number of halogens is 2. The number of allylic oxidation sites excluding steroid dienone is 1. The summed E-state index contributed by atoms with van der Waals surface area (Å²) in [5.41, 5.74) is 0. The highest BCUT2D eigenvalue weighted by Gasteiger charge is 2.31. The summed E-state index contributed by atoms with van der Waals surface area (Å²) in [5.74, 6) is 0. The molecule has 0 aliphatic rings. The normalized spacial score (nSPS) is 13.1. The summed E-state index contributed by atoms with van der Waals surface area (Å²) in [6.45, 7) is 13.0. The standard InChI is InChI=1S/C11H26Cl2OSi3/c1-6-10-16(2,3)14-17(4,5)11-8-7-9-15(12)13/h6,15H,1,7-11H2,2-5H3. The van der Waals surface area contributed by atoms with Gasteiger partial charge in [0.15, 0.2) is 16.6 Å². The van der Waals surface area contributed by atoms with E-state index in [1.165, 1.54) is 12.5 Å². The van der Waals surface area contributed by atoms with Gasteiger partial charge in [0.05, 0.1) is 0 Å². The molecule has 0 saturated carbocycles. The second kappa shape index (κ2) is 8.17. The predicted octanol–water partition coefficient (Wildman–Crippen LogP) is 5.08. The van der Waals surface area contributed by atoms with Crippen molar-refractivity contribution in [1.29, 1.82) is 0 Å². The van der Waals surface area contributed by atoms with Crippen molar-refractivity contribution in [3.8, 4) is 0 Å². The average molecular weight is 329 g/mol. The van der Waals surface area contributed by atoms with Crippen LogP contribution >= 0.6 is 22.2 Å². The fraction of sp³-hybridized carbons (Fsp3) is 0.818. The van der Waals surface area contributed by atoms with Crippen LogP contribution in [0.25, 0.3) is 0 Å². The maximum atomic E-state index is 6.42. The Kier molecular flexibility index (Phi) is 8.62. The van der Waals surface area contributed by atoms with Gasteiger partial charge in [-0.2, -0.15) is 22.2 Å². The minimum absolute atomic E-state index is 1.03. The van der Waals surface area contributed by atoms with Crippen LogP contribution in [0.15, 0.2) is 12.7 Å². The van der Waals surface area contributed by atoms with Crippen LogP contribution < -0.4 is 0 Å². The summed E-state index contributed by atoms with van der Waals surface area (Å²) in [6, 6.07) is 3.29. The van der Waals surface area contributed by atoms with Gasteiger partial charge in [0.2, 0.25) is 7.42 Å². The highest BCUT2D eigenvalue weighted by atomic mass is 35.7. The lowest BCUT2D eigenvalue weighted by molar-refractivity contribution is 0.538. The Morgan fingerprint density at radius 1 is 1.12 bits per heavy atom. The zero-order valence-electron chi connectivity index (χ0n) is 11.6. The molecule has 0 aromatic heterocycles. The molecule has 0 N–H and O–H groups in total. The summed E-state index contributed by atoms with van der Waals surface area (Å²) in [4.78, 5) is 0. The summed E-state index contributed by atoms with van der Waals surface area (Å²) >= 11 is 11.7. The van der Waals surface area contributed by atoms with Crippen LogP contribution in [0.2, 0.25) is 44.3 Å². The van der Waals surface area contributed by atoms with Gasteiger partial charge in [0.1, 0.15) is 0 Å². The van der Waals surface area contributed by atoms with E-state index in [-0.39, 0.29) is 0 Å². The Morgan fingerprint density at radius 3 is 2.18 bits per heavy atom. The maximum Gasteiger partial charge on any atom is 0.237 e. The molecule has 0 atom stereocenters. The zero-order valence-corrected chi connectivity index (χ0v) is 16.2. The van der Waals surface area contributed by atoms with E-state index in [9.17, 15) is 0 Å². The second-order valence-electron chi connectivity index (χ2n) is 5.75. The smallest absolute Gasteiger partial charge is 0.237 e. The molecule has 0 bridgehead atoms. The van der Waals surface area contributed by atoms with Crippen molar-refractivity contribution < 1.29 is 4.12 Å². The molecule has 0 amide bonds. The lowest BCUT2D eigenvalue weighted by Gasteiger charge is -2.33. The first-order valence-electron chi connectivity index (χ1n) is 6.28. The van der Waals surface area contributed by atoms with Crippen molar-refractivity contribution in [3.05, 3.63) is 12.7 Å². The molecule has 0 aliphatic heterocycles. The van der Waals surface area contributed by atoms with Crippen molar-refractivity contribution in [2.24, 2.45) is 0 Å². The fourth-order valence-electron chi connectivity index (χ4n) is 2.04. The Hall–Kier alpha value is 0.931. The zero-order chi connectivity index (χ0) is 13.5. The Morgan fingerprint density at radius 2 is 1.71 bits per heavy atom. The minimum Gasteiger partial charge on any atom is -0.455 e. The molecule has 0 aliphatic carbocycles. The SMILES string of the molecule is C=CC[Si](C)(C)O[Si](C)(C)CCCC[SiH](Cl)Cl. The highest BCUT2D eigenvalue weighted by molar-refractivity contribution is 7.33. The van der Waals surface area contributed by atoms with Crippen molar-refractivity contribution in [3.63, 3.8) is 0 Å². The second-order valence-corrected chi connectivity index (χ2v) is 19.7. The third-order valence-electron chi connectivity index (χ3n) is 2.64. The van der Waals surface area contributed by atoms with E-state index < -0.39 is 24.1 Å². The third kappa shape index (κ3) is 10.5. The van der Waals surface area contributed by atoms with Crippen LogP contribution in [0, 0.1) is 0 Å². The Balaban J connectivity index is 3.98. The molecule has 102 valence electrons. The minimum atomic E-state index is -1.52. The molecule has 0 rings (SSSR count). The first kappa shape index (κ1) is 17.9. The quantitative estimate of drug-likeness (QED) is 0.248. The summed E-state index contributed by atoms with van der Waals surface area (Å²) in [5, 5.41) is 0. The molecule has 0 fully saturated rings. The van der Waals surface area contributed by atoms with Gasteiger partial charge in [-0.3, -0.25) is 0 Å². The molecule has 0 saturated heterocycles. The molecule has 17 heavy (non-hydrogen) atoms. The Bertz CT molecular complexity index is 233. The van der Waals surface area contributed by atoms with Gasteiger partial charge < -0.3 is 4.12 Å². The van der Waals surface area contributed by atoms with Gasteiger partial charge in [-0.25, -0.2) is 0 Å². The van der Waals surface area contributed by atoms with Gasteiger partial charge >= 0.3 is 0 Å².